The number of hydrogen-bond acceptors (Lipinski definition) is 4. The molecule has 0 saturated heterocycles. The Kier molecular flexibility index (Phi) is 2.83. The van der Waals surface area contributed by atoms with Crippen LogP contribution < -0.4 is 5.73 Å². The fraction of sp³-hybridized carbons (Fsp3) is 0. The van der Waals surface area contributed by atoms with Gasteiger partial charge in [0.25, 0.3) is 0 Å². The van der Waals surface area contributed by atoms with E-state index in [9.17, 15) is 0 Å². The molecule has 0 aliphatic rings. The SMILES string of the molecule is Nc1ncccc1-c1nc2cccnc2n1-c1cc[c]cc1. The van der Waals surface area contributed by atoms with E-state index in [4.69, 9.17) is 10.7 Å². The van der Waals surface area contributed by atoms with Crippen molar-refractivity contribution in [1.29, 1.82) is 0 Å². The van der Waals surface area contributed by atoms with Crippen LogP contribution in [0.25, 0.3) is 28.2 Å². The second-order valence-electron chi connectivity index (χ2n) is 4.81. The summed E-state index contributed by atoms with van der Waals surface area (Å²) in [5.41, 5.74) is 9.37. The number of rotatable bonds is 2. The standard InChI is InChI=1S/C17H12N5/c18-15-13(8-4-10-19-15)16-21-14-9-5-11-20-17(14)22(16)12-6-2-1-3-7-12/h2-11H,(H2,18,19). The van der Waals surface area contributed by atoms with Gasteiger partial charge in [-0.2, -0.15) is 0 Å². The Hall–Kier alpha value is -3.21. The zero-order chi connectivity index (χ0) is 14.9. The van der Waals surface area contributed by atoms with Gasteiger partial charge in [-0.25, -0.2) is 15.0 Å². The van der Waals surface area contributed by atoms with Gasteiger partial charge in [0.1, 0.15) is 11.3 Å². The third-order valence-corrected chi connectivity index (χ3v) is 3.45. The minimum absolute atomic E-state index is 0.446. The number of anilines is 1. The van der Waals surface area contributed by atoms with Gasteiger partial charge >= 0.3 is 0 Å². The van der Waals surface area contributed by atoms with Gasteiger partial charge in [0, 0.05) is 18.1 Å². The summed E-state index contributed by atoms with van der Waals surface area (Å²) in [6, 6.07) is 18.2. The van der Waals surface area contributed by atoms with Crippen LogP contribution in [0.3, 0.4) is 0 Å². The number of benzene rings is 1. The van der Waals surface area contributed by atoms with Crippen LogP contribution >= 0.6 is 0 Å². The van der Waals surface area contributed by atoms with Crippen LogP contribution in [-0.4, -0.2) is 19.5 Å². The Labute approximate surface area is 127 Å². The minimum Gasteiger partial charge on any atom is -0.383 e. The van der Waals surface area contributed by atoms with Crippen LogP contribution in [0, 0.1) is 6.07 Å². The first-order chi connectivity index (χ1) is 10.8. The van der Waals surface area contributed by atoms with Crippen molar-refractivity contribution in [2.24, 2.45) is 0 Å². The first-order valence-electron chi connectivity index (χ1n) is 6.85. The summed E-state index contributed by atoms with van der Waals surface area (Å²) >= 11 is 0. The fourth-order valence-electron chi connectivity index (χ4n) is 2.47. The lowest BCUT2D eigenvalue weighted by Gasteiger charge is -2.09. The van der Waals surface area contributed by atoms with Crippen molar-refractivity contribution in [3.05, 3.63) is 67.0 Å². The molecule has 0 aliphatic carbocycles. The molecule has 0 spiro atoms. The van der Waals surface area contributed by atoms with E-state index in [0.717, 1.165) is 28.2 Å². The van der Waals surface area contributed by atoms with Gasteiger partial charge in [-0.15, -0.1) is 0 Å². The zero-order valence-corrected chi connectivity index (χ0v) is 11.6. The van der Waals surface area contributed by atoms with Gasteiger partial charge in [0.15, 0.2) is 11.5 Å². The Balaban J connectivity index is 2.09. The van der Waals surface area contributed by atoms with Gasteiger partial charge in [-0.05, 0) is 42.5 Å². The average Bonchev–Trinajstić information content (AvgIpc) is 2.95. The fourth-order valence-corrected chi connectivity index (χ4v) is 2.47. The Morgan fingerprint density at radius 1 is 0.955 bits per heavy atom. The molecule has 0 fully saturated rings. The third-order valence-electron chi connectivity index (χ3n) is 3.45. The summed E-state index contributed by atoms with van der Waals surface area (Å²) < 4.78 is 1.98. The molecular weight excluding hydrogens is 274 g/mol. The number of aromatic nitrogens is 4. The smallest absolute Gasteiger partial charge is 0.164 e. The maximum atomic E-state index is 6.03. The number of hydrogen-bond donors (Lipinski definition) is 1. The molecule has 2 N–H and O–H groups in total. The van der Waals surface area contributed by atoms with Gasteiger partial charge in [0.2, 0.25) is 0 Å². The number of fused-ring (bicyclic) bond motifs is 1. The average molecular weight is 286 g/mol. The summed E-state index contributed by atoms with van der Waals surface area (Å²) in [5, 5.41) is 0. The summed E-state index contributed by atoms with van der Waals surface area (Å²) in [6.45, 7) is 0. The van der Waals surface area contributed by atoms with E-state index >= 15 is 0 Å². The highest BCUT2D eigenvalue weighted by Crippen LogP contribution is 2.29. The van der Waals surface area contributed by atoms with E-state index in [-0.39, 0.29) is 0 Å². The molecular formula is C17H12N5. The van der Waals surface area contributed by atoms with Gasteiger partial charge in [-0.3, -0.25) is 4.57 Å². The predicted octanol–water partition coefficient (Wildman–Crippen LogP) is 2.86. The van der Waals surface area contributed by atoms with Gasteiger partial charge in [-0.1, -0.05) is 12.1 Å². The second-order valence-corrected chi connectivity index (χ2v) is 4.81. The minimum atomic E-state index is 0.446. The molecule has 3 aromatic heterocycles. The molecule has 1 aromatic carbocycles. The van der Waals surface area contributed by atoms with Crippen molar-refractivity contribution >= 4 is 17.0 Å². The van der Waals surface area contributed by atoms with Crippen LogP contribution in [0.5, 0.6) is 0 Å². The number of nitrogens with two attached hydrogens (primary N) is 1. The van der Waals surface area contributed by atoms with Crippen molar-refractivity contribution in [2.75, 3.05) is 5.73 Å². The quantitative estimate of drug-likeness (QED) is 0.615. The molecule has 22 heavy (non-hydrogen) atoms. The molecule has 5 nitrogen and oxygen atoms in total. The first kappa shape index (κ1) is 12.5. The second kappa shape index (κ2) is 4.96. The lowest BCUT2D eigenvalue weighted by Crippen LogP contribution is -2.01. The molecule has 0 aliphatic heterocycles. The molecule has 1 radical (unpaired) electrons. The number of imidazole rings is 1. The molecule has 5 heteroatoms. The van der Waals surface area contributed by atoms with Gasteiger partial charge < -0.3 is 5.73 Å². The highest BCUT2D eigenvalue weighted by Gasteiger charge is 2.16. The maximum absolute atomic E-state index is 6.03. The van der Waals surface area contributed by atoms with Crippen LogP contribution in [0.1, 0.15) is 0 Å². The van der Waals surface area contributed by atoms with Crippen LogP contribution in [0.2, 0.25) is 0 Å². The summed E-state index contributed by atoms with van der Waals surface area (Å²) in [7, 11) is 0. The lowest BCUT2D eigenvalue weighted by molar-refractivity contribution is 1.07. The van der Waals surface area contributed by atoms with Gasteiger partial charge in [0.05, 0.1) is 5.56 Å². The maximum Gasteiger partial charge on any atom is 0.164 e. The van der Waals surface area contributed by atoms with Crippen LogP contribution in [0.4, 0.5) is 5.82 Å². The van der Waals surface area contributed by atoms with E-state index in [1.165, 1.54) is 0 Å². The van der Waals surface area contributed by atoms with Crippen molar-refractivity contribution in [1.82, 2.24) is 19.5 Å². The summed E-state index contributed by atoms with van der Waals surface area (Å²) in [6.07, 6.45) is 3.42. The van der Waals surface area contributed by atoms with Crippen LogP contribution in [0.15, 0.2) is 60.9 Å². The molecule has 3 heterocycles. The predicted molar refractivity (Wildman–Crippen MR) is 85.3 cm³/mol. The van der Waals surface area contributed by atoms with E-state index in [1.807, 2.05) is 53.1 Å². The van der Waals surface area contributed by atoms with Crippen LogP contribution in [-0.2, 0) is 0 Å². The highest BCUT2D eigenvalue weighted by atomic mass is 15.1. The molecule has 4 aromatic rings. The number of nitrogen functional groups attached to an aromatic ring is 1. The molecule has 0 amide bonds. The van der Waals surface area contributed by atoms with E-state index in [1.54, 1.807) is 12.4 Å². The van der Waals surface area contributed by atoms with Crippen molar-refractivity contribution in [2.45, 2.75) is 0 Å². The van der Waals surface area contributed by atoms with Crippen molar-refractivity contribution in [3.8, 4) is 17.1 Å². The molecule has 4 rings (SSSR count). The third kappa shape index (κ3) is 1.91. The molecule has 0 bridgehead atoms. The Bertz CT molecular complexity index is 944. The van der Waals surface area contributed by atoms with Crippen molar-refractivity contribution in [3.63, 3.8) is 0 Å². The Morgan fingerprint density at radius 2 is 1.73 bits per heavy atom. The van der Waals surface area contributed by atoms with E-state index in [0.29, 0.717) is 5.82 Å². The monoisotopic (exact) mass is 286 g/mol. The van der Waals surface area contributed by atoms with Crippen molar-refractivity contribution < 1.29 is 0 Å². The van der Waals surface area contributed by atoms with E-state index in [2.05, 4.69) is 16.0 Å². The lowest BCUT2D eigenvalue weighted by atomic mass is 10.2. The molecule has 105 valence electrons. The number of nitrogens with zero attached hydrogens (tertiary/aromatic N) is 4. The zero-order valence-electron chi connectivity index (χ0n) is 11.6. The molecule has 0 atom stereocenters. The number of pyridine rings is 2. The topological polar surface area (TPSA) is 69.6 Å². The highest BCUT2D eigenvalue weighted by molar-refractivity contribution is 5.82. The summed E-state index contributed by atoms with van der Waals surface area (Å²) in [5.74, 6) is 1.17. The molecule has 0 saturated carbocycles. The normalized spacial score (nSPS) is 10.9. The summed E-state index contributed by atoms with van der Waals surface area (Å²) in [4.78, 5) is 13.3. The first-order valence-corrected chi connectivity index (χ1v) is 6.85. The molecule has 0 unspecified atom stereocenters. The largest absolute Gasteiger partial charge is 0.383 e. The Morgan fingerprint density at radius 3 is 2.55 bits per heavy atom. The van der Waals surface area contributed by atoms with E-state index < -0.39 is 0 Å².